The third-order valence-corrected chi connectivity index (χ3v) is 3.24. The lowest BCUT2D eigenvalue weighted by atomic mass is 10.1. The van der Waals surface area contributed by atoms with Crippen LogP contribution in [-0.4, -0.2) is 19.3 Å². The van der Waals surface area contributed by atoms with Gasteiger partial charge in [-0.1, -0.05) is 0 Å². The Kier molecular flexibility index (Phi) is 4.52. The number of phenols is 1. The summed E-state index contributed by atoms with van der Waals surface area (Å²) in [5.41, 5.74) is 2.28. The average molecular weight is 291 g/mol. The second-order valence-electron chi connectivity index (χ2n) is 4.65. The number of hydrogen-bond acceptors (Lipinski definition) is 4. The van der Waals surface area contributed by atoms with Gasteiger partial charge in [-0.2, -0.15) is 0 Å². The van der Waals surface area contributed by atoms with E-state index in [1.165, 1.54) is 18.2 Å². The average Bonchev–Trinajstić information content (AvgIpc) is 2.48. The van der Waals surface area contributed by atoms with Crippen molar-refractivity contribution in [3.63, 3.8) is 0 Å². The molecule has 0 saturated carbocycles. The van der Waals surface area contributed by atoms with Crippen molar-refractivity contribution < 1.29 is 19.0 Å². The third kappa shape index (κ3) is 3.37. The van der Waals surface area contributed by atoms with Gasteiger partial charge in [0.25, 0.3) is 0 Å². The summed E-state index contributed by atoms with van der Waals surface area (Å²) >= 11 is 0. The topological polar surface area (TPSA) is 50.7 Å². The van der Waals surface area contributed by atoms with Gasteiger partial charge in [0.05, 0.1) is 14.2 Å². The number of phenolic OH excluding ortho intramolecular Hbond substituents is 1. The Labute approximate surface area is 123 Å². The lowest BCUT2D eigenvalue weighted by molar-refractivity contribution is 0.355. The Morgan fingerprint density at radius 3 is 2.43 bits per heavy atom. The Balaban J connectivity index is 2.21. The minimum atomic E-state index is -0.381. The van der Waals surface area contributed by atoms with Gasteiger partial charge in [-0.15, -0.1) is 0 Å². The fourth-order valence-corrected chi connectivity index (χ4v) is 2.06. The first kappa shape index (κ1) is 15.0. The maximum absolute atomic E-state index is 13.2. The van der Waals surface area contributed by atoms with Crippen LogP contribution in [0.15, 0.2) is 30.3 Å². The molecule has 0 aliphatic heterocycles. The third-order valence-electron chi connectivity index (χ3n) is 3.24. The van der Waals surface area contributed by atoms with Gasteiger partial charge >= 0.3 is 0 Å². The van der Waals surface area contributed by atoms with Gasteiger partial charge in [-0.25, -0.2) is 4.39 Å². The molecule has 2 rings (SSSR count). The van der Waals surface area contributed by atoms with Crippen LogP contribution in [0.3, 0.4) is 0 Å². The molecule has 0 atom stereocenters. The summed E-state index contributed by atoms with van der Waals surface area (Å²) in [5, 5.41) is 12.9. The summed E-state index contributed by atoms with van der Waals surface area (Å²) in [4.78, 5) is 0. The zero-order chi connectivity index (χ0) is 15.4. The van der Waals surface area contributed by atoms with Gasteiger partial charge in [-0.05, 0) is 36.8 Å². The van der Waals surface area contributed by atoms with Gasteiger partial charge in [0.1, 0.15) is 11.6 Å². The molecular weight excluding hydrogens is 273 g/mol. The summed E-state index contributed by atoms with van der Waals surface area (Å²) in [5.74, 6) is 0.930. The Bertz CT molecular complexity index is 644. The highest BCUT2D eigenvalue weighted by atomic mass is 19.1. The number of anilines is 1. The quantitative estimate of drug-likeness (QED) is 0.885. The van der Waals surface area contributed by atoms with Crippen LogP contribution in [0.5, 0.6) is 17.2 Å². The molecule has 0 saturated heterocycles. The number of ether oxygens (including phenoxy) is 2. The lowest BCUT2D eigenvalue weighted by Gasteiger charge is -2.15. The number of hydrogen-bond donors (Lipinski definition) is 2. The molecule has 0 unspecified atom stereocenters. The van der Waals surface area contributed by atoms with Crippen molar-refractivity contribution >= 4 is 5.69 Å². The molecule has 0 aliphatic rings. The van der Waals surface area contributed by atoms with Gasteiger partial charge in [0.2, 0.25) is 0 Å². The van der Waals surface area contributed by atoms with Crippen LogP contribution in [0, 0.1) is 12.7 Å². The first-order valence-electron chi connectivity index (χ1n) is 6.49. The normalized spacial score (nSPS) is 10.3. The number of aromatic hydroxyl groups is 1. The van der Waals surface area contributed by atoms with Crippen molar-refractivity contribution in [2.45, 2.75) is 13.5 Å². The number of nitrogens with one attached hydrogen (secondary N) is 1. The van der Waals surface area contributed by atoms with E-state index < -0.39 is 0 Å². The molecule has 0 radical (unpaired) electrons. The van der Waals surface area contributed by atoms with Crippen LogP contribution in [0.4, 0.5) is 10.1 Å². The van der Waals surface area contributed by atoms with Gasteiger partial charge in [0, 0.05) is 23.9 Å². The molecule has 0 spiro atoms. The minimum absolute atomic E-state index is 0.0574. The highest BCUT2D eigenvalue weighted by Gasteiger charge is 2.09. The van der Waals surface area contributed by atoms with Crippen LogP contribution in [0.2, 0.25) is 0 Å². The molecule has 2 aromatic rings. The summed E-state index contributed by atoms with van der Waals surface area (Å²) in [6, 6.07) is 7.53. The van der Waals surface area contributed by atoms with E-state index in [1.54, 1.807) is 14.2 Å². The molecule has 2 aromatic carbocycles. The second kappa shape index (κ2) is 6.35. The maximum Gasteiger partial charge on any atom is 0.162 e. The first-order valence-corrected chi connectivity index (χ1v) is 6.49. The van der Waals surface area contributed by atoms with Crippen LogP contribution in [-0.2, 0) is 6.54 Å². The zero-order valence-corrected chi connectivity index (χ0v) is 12.2. The van der Waals surface area contributed by atoms with Crippen molar-refractivity contribution in [3.05, 3.63) is 47.3 Å². The van der Waals surface area contributed by atoms with Crippen LogP contribution in [0.1, 0.15) is 11.1 Å². The van der Waals surface area contributed by atoms with Gasteiger partial charge < -0.3 is 19.9 Å². The van der Waals surface area contributed by atoms with Crippen molar-refractivity contribution in [1.82, 2.24) is 0 Å². The molecule has 0 aromatic heterocycles. The van der Waals surface area contributed by atoms with Crippen molar-refractivity contribution in [2.75, 3.05) is 19.5 Å². The number of halogens is 1. The lowest BCUT2D eigenvalue weighted by Crippen LogP contribution is -2.03. The van der Waals surface area contributed by atoms with E-state index in [4.69, 9.17) is 9.47 Å². The largest absolute Gasteiger partial charge is 0.508 e. The molecule has 0 heterocycles. The second-order valence-corrected chi connectivity index (χ2v) is 4.65. The molecule has 0 fully saturated rings. The Morgan fingerprint density at radius 1 is 1.10 bits per heavy atom. The van der Waals surface area contributed by atoms with E-state index in [2.05, 4.69) is 5.32 Å². The summed E-state index contributed by atoms with van der Waals surface area (Å²) in [6.45, 7) is 2.23. The highest BCUT2D eigenvalue weighted by molar-refractivity contribution is 5.60. The zero-order valence-electron chi connectivity index (χ0n) is 12.2. The fraction of sp³-hybridized carbons (Fsp3) is 0.250. The molecule has 2 N–H and O–H groups in total. The molecule has 112 valence electrons. The molecule has 0 aliphatic carbocycles. The van der Waals surface area contributed by atoms with Crippen molar-refractivity contribution in [1.29, 1.82) is 0 Å². The van der Waals surface area contributed by atoms with E-state index >= 15 is 0 Å². The Morgan fingerprint density at radius 2 is 1.76 bits per heavy atom. The smallest absolute Gasteiger partial charge is 0.162 e. The number of rotatable bonds is 5. The SMILES string of the molecule is COc1cc(C)c(NCc2cc(F)ccc2O)cc1OC. The monoisotopic (exact) mass is 291 g/mol. The van der Waals surface area contributed by atoms with E-state index in [1.807, 2.05) is 19.1 Å². The van der Waals surface area contributed by atoms with Gasteiger partial charge in [0.15, 0.2) is 11.5 Å². The molecule has 0 bridgehead atoms. The fourth-order valence-electron chi connectivity index (χ4n) is 2.06. The predicted octanol–water partition coefficient (Wildman–Crippen LogP) is 3.47. The van der Waals surface area contributed by atoms with Crippen LogP contribution < -0.4 is 14.8 Å². The van der Waals surface area contributed by atoms with E-state index in [0.717, 1.165) is 11.3 Å². The predicted molar refractivity (Wildman–Crippen MR) is 79.7 cm³/mol. The summed E-state index contributed by atoms with van der Waals surface area (Å²) in [7, 11) is 3.14. The first-order chi connectivity index (χ1) is 10.0. The number of aryl methyl sites for hydroxylation is 1. The molecule has 5 heteroatoms. The van der Waals surface area contributed by atoms with Crippen molar-refractivity contribution in [3.8, 4) is 17.2 Å². The van der Waals surface area contributed by atoms with E-state index in [9.17, 15) is 9.50 Å². The maximum atomic E-state index is 13.2. The minimum Gasteiger partial charge on any atom is -0.508 e. The van der Waals surface area contributed by atoms with Crippen LogP contribution >= 0.6 is 0 Å². The Hall–Kier alpha value is -2.43. The van der Waals surface area contributed by atoms with Crippen molar-refractivity contribution in [2.24, 2.45) is 0 Å². The van der Waals surface area contributed by atoms with Crippen LogP contribution in [0.25, 0.3) is 0 Å². The number of benzene rings is 2. The van der Waals surface area contributed by atoms with E-state index in [0.29, 0.717) is 23.6 Å². The molecule has 21 heavy (non-hydrogen) atoms. The molecular formula is C16H18FNO3. The molecule has 4 nitrogen and oxygen atoms in total. The van der Waals surface area contributed by atoms with Gasteiger partial charge in [-0.3, -0.25) is 0 Å². The van der Waals surface area contributed by atoms with E-state index in [-0.39, 0.29) is 11.6 Å². The molecule has 0 amide bonds. The standard InChI is InChI=1S/C16H18FNO3/c1-10-6-15(20-2)16(21-3)8-13(10)18-9-11-7-12(17)4-5-14(11)19/h4-8,18-19H,9H2,1-3H3. The summed E-state index contributed by atoms with van der Waals surface area (Å²) < 4.78 is 23.7. The number of methoxy groups -OCH3 is 2. The highest BCUT2D eigenvalue weighted by Crippen LogP contribution is 2.33. The summed E-state index contributed by atoms with van der Waals surface area (Å²) in [6.07, 6.45) is 0.